The Bertz CT molecular complexity index is 4420. The minimum Gasteiger partial charge on any atom is -0.332 e. The third-order valence-corrected chi connectivity index (χ3v) is 20.3. The van der Waals surface area contributed by atoms with E-state index < -0.39 is 137 Å². The number of halogens is 2. The van der Waals surface area contributed by atoms with Gasteiger partial charge in [-0.25, -0.2) is 8.78 Å². The van der Waals surface area contributed by atoms with E-state index in [0.29, 0.717) is 71.2 Å². The van der Waals surface area contributed by atoms with Crippen LogP contribution in [0.25, 0.3) is 0 Å². The summed E-state index contributed by atoms with van der Waals surface area (Å²) in [6.07, 6.45) is -32.4. The van der Waals surface area contributed by atoms with Crippen molar-refractivity contribution in [2.24, 2.45) is 23.6 Å². The van der Waals surface area contributed by atoms with Gasteiger partial charge in [0, 0.05) is 120 Å². The van der Waals surface area contributed by atoms with Crippen molar-refractivity contribution in [1.29, 1.82) is 0 Å². The first kappa shape index (κ1) is 42.8. The van der Waals surface area contributed by atoms with E-state index in [4.69, 9.17) is 31.5 Å². The lowest BCUT2D eigenvalue weighted by Gasteiger charge is -2.45. The van der Waals surface area contributed by atoms with Gasteiger partial charge >= 0.3 is 0 Å². The molecule has 0 bridgehead atoms. The Labute approximate surface area is 585 Å². The molecule has 500 valence electrons. The molecule has 8 heterocycles. The Hall–Kier alpha value is -7.50. The predicted molar refractivity (Wildman–Crippen MR) is 351 cm³/mol. The molecule has 0 radical (unpaired) electrons. The predicted octanol–water partition coefficient (Wildman–Crippen LogP) is 10.4. The summed E-state index contributed by atoms with van der Waals surface area (Å²) < 4.78 is 213. The number of amides is 8. The van der Waals surface area contributed by atoms with Crippen molar-refractivity contribution in [2.45, 2.75) is 177 Å². The number of piperazine rings is 4. The Morgan fingerprint density at radius 3 is 1.03 bits per heavy atom. The highest BCUT2D eigenvalue weighted by molar-refractivity contribution is 5.90. The minimum atomic E-state index is -3.79. The van der Waals surface area contributed by atoms with Gasteiger partial charge in [0.25, 0.3) is 0 Å². The zero-order chi connectivity index (χ0) is 85.7. The molecule has 0 spiro atoms. The first-order valence-corrected chi connectivity index (χ1v) is 32.8. The second-order valence-electron chi connectivity index (χ2n) is 25.8. The lowest BCUT2D eigenvalue weighted by molar-refractivity contribution is -0.153. The molecule has 4 aromatic rings. The first-order chi connectivity index (χ1) is 54.3. The van der Waals surface area contributed by atoms with Gasteiger partial charge in [-0.15, -0.1) is 0 Å². The summed E-state index contributed by atoms with van der Waals surface area (Å²) in [4.78, 5) is 116. The Morgan fingerprint density at radius 2 is 0.681 bits per heavy atom. The molecule has 0 aromatic heterocycles. The molecule has 0 N–H and O–H groups in total. The highest BCUT2D eigenvalue weighted by atomic mass is 19.3. The van der Waals surface area contributed by atoms with Gasteiger partial charge < -0.3 is 39.2 Å². The van der Waals surface area contributed by atoms with Crippen molar-refractivity contribution in [3.05, 3.63) is 142 Å². The molecule has 4 saturated heterocycles. The highest BCUT2D eigenvalue weighted by Gasteiger charge is 2.46. The summed E-state index contributed by atoms with van der Waals surface area (Å²) >= 11 is 0. The maximum atomic E-state index is 13.7. The van der Waals surface area contributed by atoms with E-state index in [9.17, 15) is 47.1 Å². The smallest absolute Gasteiger partial charge is 0.248 e. The Morgan fingerprint density at radius 1 is 0.383 bits per heavy atom. The standard InChI is InChI=1S/C19H22F2N2O2.3C19H24N2O2/c20-19(21)8-5-14(6-9-19)18(25)22-11-16-15-4-2-1-3-13(15)7-10-23(16)17(24)12-22;3*22-18-13-20(19(23)15-7-2-1-3-8-15)12-17-16-9-5-4-6-14(16)10-11-21(17)18/h1-4,14,16H,5-12H2;3*4-6,9,15,17H,1-3,7-8,10-13H2/i;1D2,2D2,3D2,7D2,8D2,15D;1D2,2D2,3D2,7D2,8D2;1D2. The SMILES string of the molecule is O=C(C1CCC(F)(F)CC1)N1CC(=O)N2CCc3ccccc3C2C1.[2H]C1([2H])C(C(=O)N2CC(=O)N3CCc4ccccc4C3C2)C([2H])([2H])C([2H])([2H])C([2H])([2H])C1([2H])[2H].[2H]C1([2H])C([2H])([2H])C([2H])([2H])C([2H])(C(=O)N2CC(=O)N3CCc4ccccc4C3C2)C([2H])([2H])C1([2H])[2H].[2H]C1([2H])CCC(C(=O)N2CC(=O)N3CCc4ccccc4C3C2)CC1. The monoisotopic (exact) mass is 1310 g/mol. The molecule has 4 atom stereocenters. The highest BCUT2D eigenvalue weighted by Crippen LogP contribution is 2.42. The summed E-state index contributed by atoms with van der Waals surface area (Å²) in [6.45, 7) is 2.11. The average molecular weight is 1310 g/mol. The summed E-state index contributed by atoms with van der Waals surface area (Å²) in [6, 6.07) is 29.5. The summed E-state index contributed by atoms with van der Waals surface area (Å²) in [5.74, 6) is -13.3. The molecule has 94 heavy (non-hydrogen) atoms. The van der Waals surface area contributed by atoms with Crippen LogP contribution in [0.5, 0.6) is 0 Å². The molecule has 12 aliphatic rings. The van der Waals surface area contributed by atoms with Crippen LogP contribution in [-0.2, 0) is 64.0 Å². The number of carbonyl (C=O) groups excluding carboxylic acids is 8. The Balaban J connectivity index is 0.000000137. The number of hydrogen-bond donors (Lipinski definition) is 0. The maximum Gasteiger partial charge on any atom is 0.248 e. The van der Waals surface area contributed by atoms with Crippen LogP contribution in [0.2, 0.25) is 0 Å². The van der Waals surface area contributed by atoms with Crippen LogP contribution >= 0.6 is 0 Å². The molecule has 8 aliphatic heterocycles. The molecule has 16 nitrogen and oxygen atoms in total. The topological polar surface area (TPSA) is 162 Å². The molecular formula is C76H94F2N8O8. The van der Waals surface area contributed by atoms with E-state index in [1.165, 1.54) is 16.7 Å². The third kappa shape index (κ3) is 14.1. The average Bonchev–Trinajstić information content (AvgIpc) is 0.662. The normalized spacial score (nSPS) is 35.2. The molecule has 8 fully saturated rings. The van der Waals surface area contributed by atoms with E-state index in [1.807, 2.05) is 70.5 Å². The minimum absolute atomic E-state index is 0.0326. The number of nitrogens with zero attached hydrogens (tertiary/aromatic N) is 8. The molecule has 4 aromatic carbocycles. The van der Waals surface area contributed by atoms with Crippen molar-refractivity contribution in [3.63, 3.8) is 0 Å². The summed E-state index contributed by atoms with van der Waals surface area (Å²) in [5.41, 5.74) is 8.26. The number of fused-ring (bicyclic) bond motifs is 12. The van der Waals surface area contributed by atoms with Crippen molar-refractivity contribution < 1.29 is 78.7 Å². The lowest BCUT2D eigenvalue weighted by atomic mass is 9.85. The van der Waals surface area contributed by atoms with Crippen molar-refractivity contribution >= 4 is 47.3 Å². The zero-order valence-corrected chi connectivity index (χ0v) is 52.3. The fourth-order valence-corrected chi connectivity index (χ4v) is 15.3. The fourth-order valence-electron chi connectivity index (χ4n) is 15.3. The fraction of sp³-hybridized carbons (Fsp3) is 0.579. The van der Waals surface area contributed by atoms with E-state index in [-0.39, 0.29) is 99.4 Å². The molecular weight excluding hydrogens is 1190 g/mol. The molecule has 4 aliphatic carbocycles. The second-order valence-corrected chi connectivity index (χ2v) is 25.8. The molecule has 4 saturated carbocycles. The van der Waals surface area contributed by atoms with Gasteiger partial charge in [0.2, 0.25) is 53.2 Å². The van der Waals surface area contributed by atoms with Gasteiger partial charge in [0.1, 0.15) is 0 Å². The number of carbonyl (C=O) groups is 8. The van der Waals surface area contributed by atoms with Crippen LogP contribution in [0.1, 0.15) is 222 Å². The van der Waals surface area contributed by atoms with Crippen molar-refractivity contribution in [1.82, 2.24) is 39.2 Å². The molecule has 4 unspecified atom stereocenters. The molecule has 18 heteroatoms. The largest absolute Gasteiger partial charge is 0.332 e. The van der Waals surface area contributed by atoms with Gasteiger partial charge in [0.05, 0.1) is 50.3 Å². The third-order valence-electron chi connectivity index (χ3n) is 20.3. The van der Waals surface area contributed by atoms with E-state index in [1.54, 1.807) is 37.8 Å². The Kier molecular flexibility index (Phi) is 13.1. The van der Waals surface area contributed by atoms with Gasteiger partial charge in [-0.05, 0) is 121 Å². The molecule has 8 amide bonds. The van der Waals surface area contributed by atoms with Gasteiger partial charge in [-0.1, -0.05) is 155 Å². The second kappa shape index (κ2) is 28.8. The first-order valence-electron chi connectivity index (χ1n) is 44.3. The maximum absolute atomic E-state index is 13.7. The number of rotatable bonds is 4. The van der Waals surface area contributed by atoms with Crippen LogP contribution in [0.4, 0.5) is 8.78 Å². The van der Waals surface area contributed by atoms with Crippen molar-refractivity contribution in [3.8, 4) is 0 Å². The van der Waals surface area contributed by atoms with Crippen LogP contribution in [-0.4, -0.2) is 171 Å². The number of alkyl halides is 2. The van der Waals surface area contributed by atoms with E-state index in [0.717, 1.165) is 57.0 Å². The quantitative estimate of drug-likeness (QED) is 0.195. The van der Waals surface area contributed by atoms with E-state index >= 15 is 0 Å². The number of benzene rings is 4. The summed E-state index contributed by atoms with van der Waals surface area (Å²) in [7, 11) is 0. The van der Waals surface area contributed by atoms with Crippen LogP contribution in [0, 0.1) is 23.6 Å². The van der Waals surface area contributed by atoms with Crippen molar-refractivity contribution in [2.75, 3.05) is 78.5 Å². The van der Waals surface area contributed by atoms with Crippen LogP contribution < -0.4 is 0 Å². The lowest BCUT2D eigenvalue weighted by Crippen LogP contribution is -2.56. The molecule has 16 rings (SSSR count). The van der Waals surface area contributed by atoms with E-state index in [2.05, 4.69) is 18.2 Å². The van der Waals surface area contributed by atoms with Crippen LogP contribution in [0.3, 0.4) is 0 Å². The van der Waals surface area contributed by atoms with Crippen LogP contribution in [0.15, 0.2) is 97.1 Å². The van der Waals surface area contributed by atoms with Gasteiger partial charge in [-0.2, -0.15) is 0 Å². The van der Waals surface area contributed by atoms with Gasteiger partial charge in [0.15, 0.2) is 0 Å². The number of hydrogen-bond acceptors (Lipinski definition) is 8. The van der Waals surface area contributed by atoms with Gasteiger partial charge in [-0.3, -0.25) is 38.4 Å². The zero-order valence-electron chi connectivity index (χ0n) is 75.3. The summed E-state index contributed by atoms with van der Waals surface area (Å²) in [5, 5.41) is 0.